The molecule has 1 N–H and O–H groups in total. The van der Waals surface area contributed by atoms with E-state index in [1.54, 1.807) is 0 Å². The molecule has 0 saturated heterocycles. The molecule has 0 fully saturated rings. The van der Waals surface area contributed by atoms with Crippen molar-refractivity contribution in [3.63, 3.8) is 0 Å². The molecule has 0 aliphatic rings. The van der Waals surface area contributed by atoms with E-state index in [0.717, 1.165) is 18.2 Å². The van der Waals surface area contributed by atoms with E-state index in [4.69, 9.17) is 4.74 Å². The zero-order valence-corrected chi connectivity index (χ0v) is 10.8. The molecule has 0 aromatic heterocycles. The fourth-order valence-electron chi connectivity index (χ4n) is 0.898. The van der Waals surface area contributed by atoms with Gasteiger partial charge in [0.15, 0.2) is 0 Å². The quantitative estimate of drug-likeness (QED) is 0.566. The topological polar surface area (TPSA) is 38.3 Å². The number of carbonyl (C=O) groups is 1. The van der Waals surface area contributed by atoms with Gasteiger partial charge in [-0.2, -0.15) is 0 Å². The molecule has 0 rings (SSSR count). The Balaban J connectivity index is 3.80. The van der Waals surface area contributed by atoms with Crippen LogP contribution in [0.5, 0.6) is 0 Å². The van der Waals surface area contributed by atoms with Crippen LogP contribution in [0.1, 0.15) is 33.6 Å². The third-order valence-corrected chi connectivity index (χ3v) is 3.34. The van der Waals surface area contributed by atoms with Gasteiger partial charge in [0.1, 0.15) is 6.61 Å². The molecule has 14 heavy (non-hydrogen) atoms. The van der Waals surface area contributed by atoms with Crippen molar-refractivity contribution in [2.45, 2.75) is 39.2 Å². The van der Waals surface area contributed by atoms with Crippen molar-refractivity contribution in [3.8, 4) is 0 Å². The summed E-state index contributed by atoms with van der Waals surface area (Å²) in [6, 6.07) is 0. The molecule has 0 spiro atoms. The number of hydrogen-bond donors (Lipinski definition) is 1. The van der Waals surface area contributed by atoms with Crippen LogP contribution in [0.3, 0.4) is 0 Å². The smallest absolute Gasteiger partial charge is 0.246 e. The predicted molar refractivity (Wildman–Crippen MR) is 61.7 cm³/mol. The van der Waals surface area contributed by atoms with E-state index in [0.29, 0.717) is 6.61 Å². The maximum absolute atomic E-state index is 11.4. The Labute approximate surface area is 94.7 Å². The highest BCUT2D eigenvalue weighted by molar-refractivity contribution is 9.09. The highest BCUT2D eigenvalue weighted by Gasteiger charge is 2.22. The van der Waals surface area contributed by atoms with Crippen molar-refractivity contribution in [1.82, 2.24) is 5.32 Å². The van der Waals surface area contributed by atoms with E-state index in [1.807, 2.05) is 13.8 Å². The number of nitrogens with one attached hydrogen (secondary N) is 1. The number of amides is 1. The Kier molecular flexibility index (Phi) is 7.19. The zero-order chi connectivity index (χ0) is 11.0. The first-order chi connectivity index (χ1) is 6.58. The molecule has 0 aromatic rings. The Morgan fingerprint density at radius 2 is 2.14 bits per heavy atom. The van der Waals surface area contributed by atoms with Gasteiger partial charge in [0, 0.05) is 17.5 Å². The lowest BCUT2D eigenvalue weighted by atomic mass is 10.0. The number of alkyl halides is 1. The van der Waals surface area contributed by atoms with Gasteiger partial charge in [-0.1, -0.05) is 29.8 Å². The van der Waals surface area contributed by atoms with Crippen LogP contribution in [0.2, 0.25) is 0 Å². The highest BCUT2D eigenvalue weighted by atomic mass is 79.9. The highest BCUT2D eigenvalue weighted by Crippen LogP contribution is 2.11. The van der Waals surface area contributed by atoms with Gasteiger partial charge in [-0.05, 0) is 19.8 Å². The zero-order valence-electron chi connectivity index (χ0n) is 9.23. The first-order valence-corrected chi connectivity index (χ1v) is 6.15. The summed E-state index contributed by atoms with van der Waals surface area (Å²) in [5.41, 5.74) is -0.160. The van der Waals surface area contributed by atoms with E-state index in [2.05, 4.69) is 28.2 Å². The molecule has 0 heterocycles. The Morgan fingerprint density at radius 1 is 1.50 bits per heavy atom. The van der Waals surface area contributed by atoms with Crippen LogP contribution < -0.4 is 5.32 Å². The molecule has 0 aromatic carbocycles. The molecule has 84 valence electrons. The maximum Gasteiger partial charge on any atom is 0.246 e. The molecular formula is C10H20BrNO2. The number of rotatable bonds is 7. The third kappa shape index (κ3) is 5.60. The summed E-state index contributed by atoms with van der Waals surface area (Å²) >= 11 is 3.39. The van der Waals surface area contributed by atoms with Crippen molar-refractivity contribution in [2.24, 2.45) is 0 Å². The van der Waals surface area contributed by atoms with Gasteiger partial charge < -0.3 is 10.1 Å². The van der Waals surface area contributed by atoms with Crippen LogP contribution in [0.4, 0.5) is 0 Å². The summed E-state index contributed by atoms with van der Waals surface area (Å²) < 4.78 is 5.15. The molecule has 1 amide bonds. The van der Waals surface area contributed by atoms with Crippen molar-refractivity contribution in [2.75, 3.05) is 18.5 Å². The number of halogens is 1. The summed E-state index contributed by atoms with van der Waals surface area (Å²) in [4.78, 5) is 11.4. The van der Waals surface area contributed by atoms with Crippen LogP contribution in [-0.2, 0) is 9.53 Å². The Hall–Kier alpha value is -0.0900. The van der Waals surface area contributed by atoms with Gasteiger partial charge in [-0.15, -0.1) is 0 Å². The second kappa shape index (κ2) is 7.23. The molecule has 3 nitrogen and oxygen atoms in total. The molecule has 0 radical (unpaired) electrons. The van der Waals surface area contributed by atoms with E-state index in [-0.39, 0.29) is 18.1 Å². The minimum absolute atomic E-state index is 0.0396. The molecular weight excluding hydrogens is 246 g/mol. The number of carbonyl (C=O) groups excluding carboxylic acids is 1. The predicted octanol–water partition coefficient (Wildman–Crippen LogP) is 2.09. The van der Waals surface area contributed by atoms with Crippen LogP contribution in [0.25, 0.3) is 0 Å². The molecule has 4 heteroatoms. The van der Waals surface area contributed by atoms with E-state index < -0.39 is 0 Å². The van der Waals surface area contributed by atoms with Crippen molar-refractivity contribution in [3.05, 3.63) is 0 Å². The number of hydrogen-bond acceptors (Lipinski definition) is 2. The van der Waals surface area contributed by atoms with Gasteiger partial charge in [0.05, 0.1) is 0 Å². The van der Waals surface area contributed by atoms with Gasteiger partial charge in [-0.25, -0.2) is 0 Å². The summed E-state index contributed by atoms with van der Waals surface area (Å²) in [5, 5.41) is 3.70. The largest absolute Gasteiger partial charge is 0.372 e. The minimum atomic E-state index is -0.160. The third-order valence-electron chi connectivity index (χ3n) is 2.10. The average Bonchev–Trinajstić information content (AvgIpc) is 2.18. The lowest BCUT2D eigenvalue weighted by molar-refractivity contribution is -0.127. The Morgan fingerprint density at radius 3 is 2.57 bits per heavy atom. The maximum atomic E-state index is 11.4. The monoisotopic (exact) mass is 265 g/mol. The summed E-state index contributed by atoms with van der Waals surface area (Å²) in [7, 11) is 0. The minimum Gasteiger partial charge on any atom is -0.372 e. The van der Waals surface area contributed by atoms with Gasteiger partial charge in [-0.3, -0.25) is 4.79 Å². The van der Waals surface area contributed by atoms with Gasteiger partial charge >= 0.3 is 0 Å². The fraction of sp³-hybridized carbons (Fsp3) is 0.900. The standard InChI is InChI=1S/C10H20BrNO2/c1-4-6-14-7-9(13)12-10(3,5-2)8-11/h4-8H2,1-3H3,(H,12,13). The van der Waals surface area contributed by atoms with Gasteiger partial charge in [0.2, 0.25) is 5.91 Å². The second-order valence-electron chi connectivity index (χ2n) is 3.65. The second-order valence-corrected chi connectivity index (χ2v) is 4.21. The van der Waals surface area contributed by atoms with E-state index in [1.165, 1.54) is 0 Å². The molecule has 0 aliphatic carbocycles. The normalized spacial score (nSPS) is 14.9. The molecule has 0 bridgehead atoms. The lowest BCUT2D eigenvalue weighted by Gasteiger charge is -2.27. The summed E-state index contributed by atoms with van der Waals surface area (Å²) in [5.74, 6) is -0.0396. The first-order valence-electron chi connectivity index (χ1n) is 5.02. The van der Waals surface area contributed by atoms with E-state index in [9.17, 15) is 4.79 Å². The van der Waals surface area contributed by atoms with Crippen LogP contribution in [0.15, 0.2) is 0 Å². The van der Waals surface area contributed by atoms with Gasteiger partial charge in [0.25, 0.3) is 0 Å². The van der Waals surface area contributed by atoms with Crippen molar-refractivity contribution in [1.29, 1.82) is 0 Å². The molecule has 0 saturated carbocycles. The SMILES string of the molecule is CCCOCC(=O)NC(C)(CC)CBr. The molecule has 1 unspecified atom stereocenters. The summed E-state index contributed by atoms with van der Waals surface area (Å²) in [6.45, 7) is 6.89. The lowest BCUT2D eigenvalue weighted by Crippen LogP contribution is -2.48. The van der Waals surface area contributed by atoms with E-state index >= 15 is 0 Å². The van der Waals surface area contributed by atoms with Crippen LogP contribution in [-0.4, -0.2) is 30.0 Å². The van der Waals surface area contributed by atoms with Crippen molar-refractivity contribution < 1.29 is 9.53 Å². The molecule has 0 aliphatic heterocycles. The average molecular weight is 266 g/mol. The number of ether oxygens (including phenoxy) is 1. The molecule has 1 atom stereocenters. The van der Waals surface area contributed by atoms with Crippen molar-refractivity contribution >= 4 is 21.8 Å². The van der Waals surface area contributed by atoms with Crippen LogP contribution in [0, 0.1) is 0 Å². The van der Waals surface area contributed by atoms with Crippen LogP contribution >= 0.6 is 15.9 Å². The first kappa shape index (κ1) is 13.9. The Bertz CT molecular complexity index is 170. The fourth-order valence-corrected chi connectivity index (χ4v) is 1.43. The summed E-state index contributed by atoms with van der Waals surface area (Å²) in [6.07, 6.45) is 1.84.